The van der Waals surface area contributed by atoms with E-state index in [9.17, 15) is 0 Å². The zero-order chi connectivity index (χ0) is 11.8. The smallest absolute Gasteiger partial charge is 0.0621 e. The van der Waals surface area contributed by atoms with Gasteiger partial charge in [0.1, 0.15) is 0 Å². The Balaban J connectivity index is 2.27. The van der Waals surface area contributed by atoms with Crippen molar-refractivity contribution in [2.75, 3.05) is 6.54 Å². The third-order valence-corrected chi connectivity index (χ3v) is 2.82. The molecule has 0 saturated heterocycles. The SMILES string of the molecule is N#CCCCCNCc1cc(Cl)ccc1Cl. The number of nitrogens with zero attached hydrogens (tertiary/aromatic N) is 1. The second kappa shape index (κ2) is 7.51. The van der Waals surface area contributed by atoms with E-state index in [1.807, 2.05) is 6.07 Å². The number of hydrogen-bond donors (Lipinski definition) is 1. The van der Waals surface area contributed by atoms with Crippen molar-refractivity contribution in [2.45, 2.75) is 25.8 Å². The predicted molar refractivity (Wildman–Crippen MR) is 67.6 cm³/mol. The number of hydrogen-bond acceptors (Lipinski definition) is 2. The molecule has 1 rings (SSSR count). The van der Waals surface area contributed by atoms with Crippen molar-refractivity contribution >= 4 is 23.2 Å². The van der Waals surface area contributed by atoms with Crippen molar-refractivity contribution in [2.24, 2.45) is 0 Å². The highest BCUT2D eigenvalue weighted by Gasteiger charge is 2.00. The molecule has 0 bridgehead atoms. The summed E-state index contributed by atoms with van der Waals surface area (Å²) in [5, 5.41) is 13.1. The molecule has 0 aliphatic heterocycles. The topological polar surface area (TPSA) is 35.8 Å². The van der Waals surface area contributed by atoms with Crippen LogP contribution < -0.4 is 5.32 Å². The van der Waals surface area contributed by atoms with Gasteiger partial charge in [0.25, 0.3) is 0 Å². The highest BCUT2D eigenvalue weighted by Crippen LogP contribution is 2.20. The summed E-state index contributed by atoms with van der Waals surface area (Å²) in [4.78, 5) is 0. The average molecular weight is 257 g/mol. The van der Waals surface area contributed by atoms with Gasteiger partial charge in [0.2, 0.25) is 0 Å². The van der Waals surface area contributed by atoms with Gasteiger partial charge in [0, 0.05) is 23.0 Å². The van der Waals surface area contributed by atoms with Gasteiger partial charge in [-0.25, -0.2) is 0 Å². The Morgan fingerprint density at radius 3 is 2.81 bits per heavy atom. The number of nitriles is 1. The molecule has 1 aromatic carbocycles. The van der Waals surface area contributed by atoms with E-state index in [0.29, 0.717) is 18.0 Å². The number of rotatable bonds is 6. The number of benzene rings is 1. The zero-order valence-corrected chi connectivity index (χ0v) is 10.5. The molecule has 0 amide bonds. The molecule has 0 aromatic heterocycles. The van der Waals surface area contributed by atoms with Gasteiger partial charge < -0.3 is 5.32 Å². The molecule has 2 nitrogen and oxygen atoms in total. The molecule has 0 atom stereocenters. The second-order valence-electron chi connectivity index (χ2n) is 3.53. The quantitative estimate of drug-likeness (QED) is 0.787. The molecule has 0 fully saturated rings. The highest BCUT2D eigenvalue weighted by molar-refractivity contribution is 6.33. The first kappa shape index (κ1) is 13.3. The Hall–Kier alpha value is -0.750. The predicted octanol–water partition coefficient (Wildman–Crippen LogP) is 3.78. The summed E-state index contributed by atoms with van der Waals surface area (Å²) in [5.74, 6) is 0. The molecule has 0 aliphatic rings. The van der Waals surface area contributed by atoms with Gasteiger partial charge in [0.15, 0.2) is 0 Å². The fourth-order valence-corrected chi connectivity index (χ4v) is 1.73. The van der Waals surface area contributed by atoms with Crippen molar-refractivity contribution in [1.29, 1.82) is 5.26 Å². The summed E-state index contributed by atoms with van der Waals surface area (Å²) >= 11 is 11.9. The molecular weight excluding hydrogens is 243 g/mol. The Morgan fingerprint density at radius 1 is 1.25 bits per heavy atom. The lowest BCUT2D eigenvalue weighted by molar-refractivity contribution is 0.629. The minimum absolute atomic E-state index is 0.625. The summed E-state index contributed by atoms with van der Waals surface area (Å²) in [6.45, 7) is 1.61. The molecule has 0 radical (unpaired) electrons. The van der Waals surface area contributed by atoms with Crippen molar-refractivity contribution in [3.05, 3.63) is 33.8 Å². The van der Waals surface area contributed by atoms with Gasteiger partial charge in [-0.05, 0) is 43.1 Å². The van der Waals surface area contributed by atoms with Gasteiger partial charge in [-0.15, -0.1) is 0 Å². The van der Waals surface area contributed by atoms with Crippen LogP contribution in [0.2, 0.25) is 10.0 Å². The van der Waals surface area contributed by atoms with Crippen LogP contribution in [-0.4, -0.2) is 6.54 Å². The third-order valence-electron chi connectivity index (χ3n) is 2.22. The minimum atomic E-state index is 0.625. The number of nitrogens with one attached hydrogen (secondary N) is 1. The molecule has 0 saturated carbocycles. The third kappa shape index (κ3) is 4.85. The van der Waals surface area contributed by atoms with Crippen LogP contribution in [0.25, 0.3) is 0 Å². The maximum absolute atomic E-state index is 8.37. The molecule has 0 unspecified atom stereocenters. The van der Waals surface area contributed by atoms with Crippen molar-refractivity contribution in [1.82, 2.24) is 5.32 Å². The van der Waals surface area contributed by atoms with E-state index in [1.165, 1.54) is 0 Å². The molecule has 1 aromatic rings. The summed E-state index contributed by atoms with van der Waals surface area (Å²) in [5.41, 5.74) is 1.01. The summed E-state index contributed by atoms with van der Waals surface area (Å²) in [6, 6.07) is 7.57. The largest absolute Gasteiger partial charge is 0.313 e. The molecule has 4 heteroatoms. The van der Waals surface area contributed by atoms with E-state index in [-0.39, 0.29) is 0 Å². The first-order valence-corrected chi connectivity index (χ1v) is 6.01. The van der Waals surface area contributed by atoms with Gasteiger partial charge >= 0.3 is 0 Å². The molecule has 16 heavy (non-hydrogen) atoms. The van der Waals surface area contributed by atoms with Gasteiger partial charge in [-0.2, -0.15) is 5.26 Å². The van der Waals surface area contributed by atoms with Gasteiger partial charge in [-0.3, -0.25) is 0 Å². The monoisotopic (exact) mass is 256 g/mol. The van der Waals surface area contributed by atoms with Crippen LogP contribution in [0.3, 0.4) is 0 Å². The van der Waals surface area contributed by atoms with Crippen molar-refractivity contribution < 1.29 is 0 Å². The van der Waals surface area contributed by atoms with Crippen molar-refractivity contribution in [3.63, 3.8) is 0 Å². The summed E-state index contributed by atoms with van der Waals surface area (Å²) in [7, 11) is 0. The molecular formula is C12H14Cl2N2. The lowest BCUT2D eigenvalue weighted by Crippen LogP contribution is -2.14. The Bertz CT molecular complexity index is 372. The molecule has 0 aliphatic carbocycles. The van der Waals surface area contributed by atoms with Crippen LogP contribution in [0.15, 0.2) is 18.2 Å². The van der Waals surface area contributed by atoms with Crippen molar-refractivity contribution in [3.8, 4) is 6.07 Å². The average Bonchev–Trinajstić information content (AvgIpc) is 2.28. The Labute approximate surface area is 106 Å². The fraction of sp³-hybridized carbons (Fsp3) is 0.417. The van der Waals surface area contributed by atoms with Gasteiger partial charge in [0.05, 0.1) is 6.07 Å². The van der Waals surface area contributed by atoms with Gasteiger partial charge in [-0.1, -0.05) is 23.2 Å². The van der Waals surface area contributed by atoms with E-state index in [4.69, 9.17) is 28.5 Å². The van der Waals surface area contributed by atoms with Crippen LogP contribution in [0.1, 0.15) is 24.8 Å². The highest BCUT2D eigenvalue weighted by atomic mass is 35.5. The Kier molecular flexibility index (Phi) is 6.25. The van der Waals surface area contributed by atoms with E-state index in [1.54, 1.807) is 12.1 Å². The molecule has 1 N–H and O–H groups in total. The molecule has 0 spiro atoms. The first-order valence-electron chi connectivity index (χ1n) is 5.25. The molecule has 0 heterocycles. The summed E-state index contributed by atoms with van der Waals surface area (Å²) < 4.78 is 0. The van der Waals surface area contributed by atoms with Crippen LogP contribution >= 0.6 is 23.2 Å². The second-order valence-corrected chi connectivity index (χ2v) is 4.37. The zero-order valence-electron chi connectivity index (χ0n) is 8.97. The minimum Gasteiger partial charge on any atom is -0.313 e. The number of halogens is 2. The van der Waals surface area contributed by atoms with E-state index in [0.717, 1.165) is 30.0 Å². The van der Waals surface area contributed by atoms with Crippen LogP contribution in [0, 0.1) is 11.3 Å². The lowest BCUT2D eigenvalue weighted by Gasteiger charge is -2.06. The normalized spacial score (nSPS) is 10.1. The maximum Gasteiger partial charge on any atom is 0.0621 e. The fourth-order valence-electron chi connectivity index (χ4n) is 1.36. The van der Waals surface area contributed by atoms with E-state index < -0.39 is 0 Å². The van der Waals surface area contributed by atoms with E-state index in [2.05, 4.69) is 11.4 Å². The van der Waals surface area contributed by atoms with Crippen LogP contribution in [0.4, 0.5) is 0 Å². The lowest BCUT2D eigenvalue weighted by atomic mass is 10.2. The first-order chi connectivity index (χ1) is 7.74. The van der Waals surface area contributed by atoms with Crippen LogP contribution in [-0.2, 0) is 6.54 Å². The molecule has 86 valence electrons. The van der Waals surface area contributed by atoms with Crippen LogP contribution in [0.5, 0.6) is 0 Å². The Morgan fingerprint density at radius 2 is 2.06 bits per heavy atom. The van der Waals surface area contributed by atoms with E-state index >= 15 is 0 Å². The maximum atomic E-state index is 8.37. The number of unbranched alkanes of at least 4 members (excludes halogenated alkanes) is 2. The summed E-state index contributed by atoms with van der Waals surface area (Å²) in [6.07, 6.45) is 2.57. The standard InChI is InChI=1S/C12H14Cl2N2/c13-11-4-5-12(14)10(8-11)9-16-7-3-1-2-6-15/h4-5,8,16H,1-3,7,9H2.